The number of thioether (sulfide) groups is 1. The summed E-state index contributed by atoms with van der Waals surface area (Å²) in [6.07, 6.45) is 0.788. The summed E-state index contributed by atoms with van der Waals surface area (Å²) in [7, 11) is 0. The van der Waals surface area contributed by atoms with Gasteiger partial charge in [-0.3, -0.25) is 4.79 Å². The normalized spacial score (nSPS) is 18.2. The van der Waals surface area contributed by atoms with Crippen LogP contribution in [0.2, 0.25) is 0 Å². The third kappa shape index (κ3) is 4.63. The van der Waals surface area contributed by atoms with Crippen molar-refractivity contribution in [1.82, 2.24) is 5.32 Å². The van der Waals surface area contributed by atoms with Gasteiger partial charge in [-0.2, -0.15) is 8.78 Å². The molecule has 1 unspecified atom stereocenters. The lowest BCUT2D eigenvalue weighted by Crippen LogP contribution is -2.24. The molecule has 1 aromatic rings. The lowest BCUT2D eigenvalue weighted by molar-refractivity contribution is -0.119. The summed E-state index contributed by atoms with van der Waals surface area (Å²) in [5, 5.41) is 5.82. The summed E-state index contributed by atoms with van der Waals surface area (Å²) in [6, 6.07) is 6.62. The molecule has 1 aromatic carbocycles. The van der Waals surface area contributed by atoms with E-state index in [1.165, 1.54) is 0 Å². The Kier molecular flexibility index (Phi) is 6.54. The summed E-state index contributed by atoms with van der Waals surface area (Å²) < 4.78 is 24.8. The fourth-order valence-corrected chi connectivity index (χ4v) is 2.48. The molecule has 7 heteroatoms. The molecular weight excluding hydrogens is 294 g/mol. The number of carbonyl (C=O) groups is 1. The van der Waals surface area contributed by atoms with Crippen molar-refractivity contribution in [3.05, 3.63) is 24.3 Å². The molecular formula is C12H15ClF2N2OS. The number of carbonyl (C=O) groups excluding carboxylic acids is 1. The Morgan fingerprint density at radius 2 is 2.16 bits per heavy atom. The highest BCUT2D eigenvalue weighted by Gasteiger charge is 2.23. The number of rotatable bonds is 4. The average Bonchev–Trinajstić information content (AvgIpc) is 2.84. The number of alkyl halides is 2. The number of anilines is 1. The van der Waals surface area contributed by atoms with Crippen LogP contribution >= 0.6 is 24.2 Å². The fraction of sp³-hybridized carbons (Fsp3) is 0.417. The third-order valence-electron chi connectivity index (χ3n) is 2.79. The van der Waals surface area contributed by atoms with Crippen molar-refractivity contribution in [3.63, 3.8) is 0 Å². The first-order valence-corrected chi connectivity index (χ1v) is 6.60. The molecule has 0 aromatic heterocycles. The van der Waals surface area contributed by atoms with E-state index in [4.69, 9.17) is 0 Å². The third-order valence-corrected chi connectivity index (χ3v) is 3.58. The van der Waals surface area contributed by atoms with Crippen molar-refractivity contribution in [3.8, 4) is 0 Å². The highest BCUT2D eigenvalue weighted by atomic mass is 35.5. The van der Waals surface area contributed by atoms with E-state index in [9.17, 15) is 13.6 Å². The second kappa shape index (κ2) is 7.67. The first-order valence-electron chi connectivity index (χ1n) is 5.72. The van der Waals surface area contributed by atoms with E-state index in [-0.39, 0.29) is 24.2 Å². The van der Waals surface area contributed by atoms with Crippen LogP contribution in [-0.4, -0.2) is 24.8 Å². The van der Waals surface area contributed by atoms with Gasteiger partial charge in [0, 0.05) is 11.4 Å². The zero-order valence-corrected chi connectivity index (χ0v) is 11.7. The van der Waals surface area contributed by atoms with Gasteiger partial charge < -0.3 is 10.6 Å². The van der Waals surface area contributed by atoms with Crippen LogP contribution in [0.5, 0.6) is 0 Å². The molecule has 19 heavy (non-hydrogen) atoms. The molecule has 1 amide bonds. The van der Waals surface area contributed by atoms with Gasteiger partial charge in [0.1, 0.15) is 0 Å². The molecule has 0 bridgehead atoms. The first kappa shape index (κ1) is 16.2. The zero-order chi connectivity index (χ0) is 13.0. The molecule has 0 spiro atoms. The van der Waals surface area contributed by atoms with Crippen molar-refractivity contribution < 1.29 is 13.6 Å². The van der Waals surface area contributed by atoms with Crippen LogP contribution in [0.4, 0.5) is 14.5 Å². The van der Waals surface area contributed by atoms with Crippen molar-refractivity contribution in [1.29, 1.82) is 0 Å². The maximum atomic E-state index is 12.4. The summed E-state index contributed by atoms with van der Waals surface area (Å²) in [6.45, 7) is 1.47. The minimum absolute atomic E-state index is 0. The molecule has 0 saturated carbocycles. The molecule has 3 nitrogen and oxygen atoms in total. The van der Waals surface area contributed by atoms with Crippen LogP contribution in [0.3, 0.4) is 0 Å². The molecule has 2 rings (SSSR count). The molecule has 0 radical (unpaired) electrons. The SMILES string of the molecule is Cl.O=C(Nc1ccccc1SC(F)F)C1CCNC1. The summed E-state index contributed by atoms with van der Waals surface area (Å²) in [5.41, 5.74) is 0.458. The molecule has 106 valence electrons. The van der Waals surface area contributed by atoms with Crippen LogP contribution in [0.1, 0.15) is 6.42 Å². The molecule has 0 aliphatic carbocycles. The van der Waals surface area contributed by atoms with Gasteiger partial charge in [0.15, 0.2) is 0 Å². The topological polar surface area (TPSA) is 41.1 Å². The fourth-order valence-electron chi connectivity index (χ4n) is 1.88. The van der Waals surface area contributed by atoms with E-state index >= 15 is 0 Å². The van der Waals surface area contributed by atoms with Gasteiger partial charge in [-0.15, -0.1) is 12.4 Å². The monoisotopic (exact) mass is 308 g/mol. The molecule has 2 N–H and O–H groups in total. The molecule has 1 fully saturated rings. The van der Waals surface area contributed by atoms with Crippen LogP contribution < -0.4 is 10.6 Å². The number of halogens is 3. The van der Waals surface area contributed by atoms with Crippen molar-refractivity contribution in [2.24, 2.45) is 5.92 Å². The summed E-state index contributed by atoms with van der Waals surface area (Å²) in [4.78, 5) is 12.3. The summed E-state index contributed by atoms with van der Waals surface area (Å²) in [5.74, 6) is -2.67. The number of para-hydroxylation sites is 1. The Morgan fingerprint density at radius 3 is 2.79 bits per heavy atom. The molecule has 1 saturated heterocycles. The Labute approximate surface area is 120 Å². The van der Waals surface area contributed by atoms with Gasteiger partial charge in [-0.25, -0.2) is 0 Å². The largest absolute Gasteiger partial charge is 0.325 e. The number of nitrogens with one attached hydrogen (secondary N) is 2. The standard InChI is InChI=1S/C12H14F2N2OS.ClH/c13-12(14)18-10-4-2-1-3-9(10)16-11(17)8-5-6-15-7-8;/h1-4,8,12,15H,5-7H2,(H,16,17);1H. The highest BCUT2D eigenvalue weighted by molar-refractivity contribution is 7.99. The van der Waals surface area contributed by atoms with Crippen molar-refractivity contribution in [2.45, 2.75) is 17.1 Å². The molecule has 1 aliphatic rings. The molecule has 1 atom stereocenters. The van der Waals surface area contributed by atoms with Gasteiger partial charge in [-0.1, -0.05) is 23.9 Å². The Hall–Kier alpha value is -0.850. The lowest BCUT2D eigenvalue weighted by atomic mass is 10.1. The lowest BCUT2D eigenvalue weighted by Gasteiger charge is -2.13. The Morgan fingerprint density at radius 1 is 1.42 bits per heavy atom. The number of hydrogen-bond donors (Lipinski definition) is 2. The predicted molar refractivity (Wildman–Crippen MR) is 75.2 cm³/mol. The Bertz CT molecular complexity index is 428. The van der Waals surface area contributed by atoms with Gasteiger partial charge in [0.25, 0.3) is 5.76 Å². The second-order valence-electron chi connectivity index (χ2n) is 4.05. The van der Waals surface area contributed by atoms with Crippen LogP contribution in [0.15, 0.2) is 29.2 Å². The second-order valence-corrected chi connectivity index (χ2v) is 5.09. The van der Waals surface area contributed by atoms with Gasteiger partial charge in [0.05, 0.1) is 11.6 Å². The molecule has 1 aliphatic heterocycles. The smallest absolute Gasteiger partial charge is 0.288 e. The quantitative estimate of drug-likeness (QED) is 0.840. The Balaban J connectivity index is 0.00000180. The van der Waals surface area contributed by atoms with Crippen LogP contribution in [0.25, 0.3) is 0 Å². The van der Waals surface area contributed by atoms with Gasteiger partial charge in [-0.05, 0) is 25.1 Å². The van der Waals surface area contributed by atoms with E-state index in [2.05, 4.69) is 10.6 Å². The average molecular weight is 309 g/mol. The van der Waals surface area contributed by atoms with E-state index in [0.717, 1.165) is 13.0 Å². The number of hydrogen-bond acceptors (Lipinski definition) is 3. The number of amides is 1. The zero-order valence-electron chi connectivity index (χ0n) is 10.1. The van der Waals surface area contributed by atoms with E-state index in [0.29, 0.717) is 28.9 Å². The van der Waals surface area contributed by atoms with E-state index < -0.39 is 5.76 Å². The van der Waals surface area contributed by atoms with E-state index in [1.807, 2.05) is 0 Å². The number of benzene rings is 1. The van der Waals surface area contributed by atoms with E-state index in [1.54, 1.807) is 24.3 Å². The molecule has 1 heterocycles. The minimum Gasteiger partial charge on any atom is -0.325 e. The van der Waals surface area contributed by atoms with Crippen molar-refractivity contribution in [2.75, 3.05) is 18.4 Å². The first-order chi connectivity index (χ1) is 8.66. The van der Waals surface area contributed by atoms with Crippen LogP contribution in [0, 0.1) is 5.92 Å². The van der Waals surface area contributed by atoms with Crippen LogP contribution in [-0.2, 0) is 4.79 Å². The minimum atomic E-state index is -2.49. The maximum Gasteiger partial charge on any atom is 0.288 e. The van der Waals surface area contributed by atoms with Gasteiger partial charge >= 0.3 is 0 Å². The predicted octanol–water partition coefficient (Wildman–Crippen LogP) is 2.97. The van der Waals surface area contributed by atoms with Gasteiger partial charge in [0.2, 0.25) is 5.91 Å². The maximum absolute atomic E-state index is 12.4. The summed E-state index contributed by atoms with van der Waals surface area (Å²) >= 11 is 0.446. The highest BCUT2D eigenvalue weighted by Crippen LogP contribution is 2.31. The van der Waals surface area contributed by atoms with Crippen molar-refractivity contribution >= 4 is 35.8 Å².